The molecule has 0 aliphatic heterocycles. The van der Waals surface area contributed by atoms with Gasteiger partial charge in [-0.2, -0.15) is 0 Å². The van der Waals surface area contributed by atoms with Crippen LogP contribution in [0.3, 0.4) is 0 Å². The zero-order valence-corrected chi connectivity index (χ0v) is 10.8. The molecule has 0 fully saturated rings. The summed E-state index contributed by atoms with van der Waals surface area (Å²) in [4.78, 5) is 5.49. The van der Waals surface area contributed by atoms with Crippen molar-refractivity contribution in [3.05, 3.63) is 45.9 Å². The van der Waals surface area contributed by atoms with Crippen molar-refractivity contribution in [1.29, 1.82) is 0 Å². The number of para-hydroxylation sites is 1. The van der Waals surface area contributed by atoms with Gasteiger partial charge in [-0.3, -0.25) is 0 Å². The van der Waals surface area contributed by atoms with Crippen LogP contribution in [0.4, 0.5) is 0 Å². The number of hydrogen-bond acceptors (Lipinski definition) is 4. The van der Waals surface area contributed by atoms with Crippen molar-refractivity contribution in [3.63, 3.8) is 0 Å². The number of rotatable bonds is 4. The molecule has 1 unspecified atom stereocenters. The summed E-state index contributed by atoms with van der Waals surface area (Å²) in [6.45, 7) is 4.79. The van der Waals surface area contributed by atoms with Crippen molar-refractivity contribution in [2.45, 2.75) is 26.4 Å². The summed E-state index contributed by atoms with van der Waals surface area (Å²) in [7, 11) is 0. The van der Waals surface area contributed by atoms with Crippen LogP contribution in [0.15, 0.2) is 29.8 Å². The summed E-state index contributed by atoms with van der Waals surface area (Å²) in [6.07, 6.45) is 0. The first-order valence-corrected chi connectivity index (χ1v) is 6.46. The topological polar surface area (TPSA) is 45.2 Å². The van der Waals surface area contributed by atoms with E-state index in [0.717, 1.165) is 11.3 Å². The van der Waals surface area contributed by atoms with Gasteiger partial charge in [-0.25, -0.2) is 4.98 Å². The molecule has 0 aliphatic rings. The van der Waals surface area contributed by atoms with Gasteiger partial charge in [0, 0.05) is 23.0 Å². The second-order valence-electron chi connectivity index (χ2n) is 4.03. The van der Waals surface area contributed by atoms with Crippen LogP contribution in [0, 0.1) is 6.92 Å². The second kappa shape index (κ2) is 5.29. The van der Waals surface area contributed by atoms with Gasteiger partial charge in [0.1, 0.15) is 5.75 Å². The van der Waals surface area contributed by atoms with Crippen molar-refractivity contribution < 1.29 is 5.11 Å². The predicted octanol–water partition coefficient (Wildman–Crippen LogP) is 3.01. The fourth-order valence-corrected chi connectivity index (χ4v) is 2.58. The number of benzene rings is 1. The third-order valence-corrected chi connectivity index (χ3v) is 3.88. The van der Waals surface area contributed by atoms with Gasteiger partial charge < -0.3 is 10.4 Å². The van der Waals surface area contributed by atoms with Crippen LogP contribution in [-0.2, 0) is 6.54 Å². The van der Waals surface area contributed by atoms with E-state index in [2.05, 4.69) is 17.2 Å². The highest BCUT2D eigenvalue weighted by Gasteiger charge is 2.10. The van der Waals surface area contributed by atoms with Crippen molar-refractivity contribution in [3.8, 4) is 5.75 Å². The molecule has 90 valence electrons. The molecule has 1 aromatic heterocycles. The standard InChI is InChI=1S/C13H16N2OS/c1-9(13-10(2)15-8-17-13)14-7-11-5-3-4-6-12(11)16/h3-6,8-9,14,16H,7H2,1-2H3. The largest absolute Gasteiger partial charge is 0.508 e. The van der Waals surface area contributed by atoms with Crippen LogP contribution in [0.25, 0.3) is 0 Å². The summed E-state index contributed by atoms with van der Waals surface area (Å²) < 4.78 is 0. The van der Waals surface area contributed by atoms with Gasteiger partial charge >= 0.3 is 0 Å². The fraction of sp³-hybridized carbons (Fsp3) is 0.308. The molecule has 1 heterocycles. The smallest absolute Gasteiger partial charge is 0.120 e. The Bertz CT molecular complexity index is 496. The van der Waals surface area contributed by atoms with Crippen molar-refractivity contribution in [1.82, 2.24) is 10.3 Å². The molecule has 0 radical (unpaired) electrons. The lowest BCUT2D eigenvalue weighted by atomic mass is 10.2. The number of nitrogens with zero attached hydrogens (tertiary/aromatic N) is 1. The first kappa shape index (κ1) is 12.1. The molecule has 1 aromatic carbocycles. The number of nitrogens with one attached hydrogen (secondary N) is 1. The normalized spacial score (nSPS) is 12.6. The Hall–Kier alpha value is -1.39. The third-order valence-electron chi connectivity index (χ3n) is 2.77. The Morgan fingerprint density at radius 2 is 2.18 bits per heavy atom. The van der Waals surface area contributed by atoms with Crippen molar-refractivity contribution in [2.24, 2.45) is 0 Å². The number of thiazole rings is 1. The Morgan fingerprint density at radius 1 is 1.41 bits per heavy atom. The van der Waals surface area contributed by atoms with Gasteiger partial charge in [0.25, 0.3) is 0 Å². The molecule has 0 saturated heterocycles. The third kappa shape index (κ3) is 2.84. The number of aryl methyl sites for hydroxylation is 1. The molecule has 2 aromatic rings. The number of aromatic nitrogens is 1. The number of phenols is 1. The monoisotopic (exact) mass is 248 g/mol. The molecule has 0 amide bonds. The van der Waals surface area contributed by atoms with Crippen molar-refractivity contribution in [2.75, 3.05) is 0 Å². The zero-order chi connectivity index (χ0) is 12.3. The highest BCUT2D eigenvalue weighted by atomic mass is 32.1. The maximum atomic E-state index is 9.66. The average molecular weight is 248 g/mol. The Balaban J connectivity index is 2.00. The van der Waals surface area contributed by atoms with Gasteiger partial charge in [0.05, 0.1) is 11.2 Å². The quantitative estimate of drug-likeness (QED) is 0.874. The summed E-state index contributed by atoms with van der Waals surface area (Å²) in [5.74, 6) is 0.341. The molecule has 4 heteroatoms. The van der Waals surface area contributed by atoms with E-state index >= 15 is 0 Å². The minimum Gasteiger partial charge on any atom is -0.508 e. The number of hydrogen-bond donors (Lipinski definition) is 2. The van der Waals surface area contributed by atoms with Crippen LogP contribution in [0.1, 0.15) is 29.1 Å². The lowest BCUT2D eigenvalue weighted by Gasteiger charge is -2.13. The Labute approximate surface area is 105 Å². The van der Waals surface area contributed by atoms with Crippen LogP contribution >= 0.6 is 11.3 Å². The van der Waals surface area contributed by atoms with E-state index in [1.54, 1.807) is 17.4 Å². The van der Waals surface area contributed by atoms with Gasteiger partial charge in [-0.15, -0.1) is 11.3 Å². The van der Waals surface area contributed by atoms with E-state index in [9.17, 15) is 5.11 Å². The minimum absolute atomic E-state index is 0.252. The van der Waals surface area contributed by atoms with Gasteiger partial charge in [-0.1, -0.05) is 18.2 Å². The minimum atomic E-state index is 0.252. The average Bonchev–Trinajstić information content (AvgIpc) is 2.74. The van der Waals surface area contributed by atoms with E-state index in [1.807, 2.05) is 30.6 Å². The molecule has 2 rings (SSSR count). The molecule has 17 heavy (non-hydrogen) atoms. The first-order chi connectivity index (χ1) is 8.18. The molecule has 0 bridgehead atoms. The SMILES string of the molecule is Cc1ncsc1C(C)NCc1ccccc1O. The summed E-state index contributed by atoms with van der Waals surface area (Å²) in [5.41, 5.74) is 3.86. The molecule has 0 spiro atoms. The van der Waals surface area contributed by atoms with Gasteiger partial charge in [-0.05, 0) is 19.9 Å². The molecule has 2 N–H and O–H groups in total. The number of phenolic OH excluding ortho intramolecular Hbond substituents is 1. The highest BCUT2D eigenvalue weighted by molar-refractivity contribution is 7.09. The van der Waals surface area contributed by atoms with E-state index in [-0.39, 0.29) is 6.04 Å². The van der Waals surface area contributed by atoms with E-state index in [1.165, 1.54) is 4.88 Å². The predicted molar refractivity (Wildman–Crippen MR) is 70.2 cm³/mol. The lowest BCUT2D eigenvalue weighted by molar-refractivity contribution is 0.460. The fourth-order valence-electron chi connectivity index (χ4n) is 1.74. The van der Waals surface area contributed by atoms with E-state index in [0.29, 0.717) is 12.3 Å². The summed E-state index contributed by atoms with van der Waals surface area (Å²) >= 11 is 1.66. The van der Waals surface area contributed by atoms with E-state index < -0.39 is 0 Å². The lowest BCUT2D eigenvalue weighted by Crippen LogP contribution is -2.17. The van der Waals surface area contributed by atoms with Crippen molar-refractivity contribution >= 4 is 11.3 Å². The summed E-state index contributed by atoms with van der Waals surface area (Å²) in [5, 5.41) is 13.1. The zero-order valence-electron chi connectivity index (χ0n) is 9.97. The van der Waals surface area contributed by atoms with Crippen LogP contribution < -0.4 is 5.32 Å². The van der Waals surface area contributed by atoms with Crippen LogP contribution in [-0.4, -0.2) is 10.1 Å². The molecule has 1 atom stereocenters. The molecule has 0 aliphatic carbocycles. The molecular formula is C13H16N2OS. The van der Waals surface area contributed by atoms with Crippen LogP contribution in [0.5, 0.6) is 5.75 Å². The number of aromatic hydroxyl groups is 1. The Kier molecular flexibility index (Phi) is 3.76. The molecular weight excluding hydrogens is 232 g/mol. The van der Waals surface area contributed by atoms with Gasteiger partial charge in [0.2, 0.25) is 0 Å². The maximum absolute atomic E-state index is 9.66. The van der Waals surface area contributed by atoms with Crippen LogP contribution in [0.2, 0.25) is 0 Å². The first-order valence-electron chi connectivity index (χ1n) is 5.58. The van der Waals surface area contributed by atoms with E-state index in [4.69, 9.17) is 0 Å². The molecule has 0 saturated carbocycles. The summed E-state index contributed by atoms with van der Waals surface area (Å²) in [6, 6.07) is 7.64. The molecule has 3 nitrogen and oxygen atoms in total. The second-order valence-corrected chi connectivity index (χ2v) is 4.92. The Morgan fingerprint density at radius 3 is 2.82 bits per heavy atom. The highest BCUT2D eigenvalue weighted by Crippen LogP contribution is 2.22. The maximum Gasteiger partial charge on any atom is 0.120 e. The van der Waals surface area contributed by atoms with Gasteiger partial charge in [0.15, 0.2) is 0 Å².